The number of nitrogens with one attached hydrogen (secondary N) is 1. The summed E-state index contributed by atoms with van der Waals surface area (Å²) in [4.78, 5) is 11.9. The van der Waals surface area contributed by atoms with Crippen LogP contribution in [0.1, 0.15) is 50.7 Å². The van der Waals surface area contributed by atoms with Crippen LogP contribution in [0.15, 0.2) is 24.3 Å². The molecule has 1 aromatic carbocycles. The molecule has 0 aliphatic heterocycles. The van der Waals surface area contributed by atoms with E-state index in [0.717, 1.165) is 12.8 Å². The second kappa shape index (κ2) is 7.29. The van der Waals surface area contributed by atoms with Crippen molar-refractivity contribution >= 4 is 5.91 Å². The number of benzene rings is 1. The first-order valence-electron chi connectivity index (χ1n) is 7.36. The quantitative estimate of drug-likeness (QED) is 0.869. The van der Waals surface area contributed by atoms with Crippen LogP contribution in [0.5, 0.6) is 5.75 Å². The van der Waals surface area contributed by atoms with E-state index in [0.29, 0.717) is 17.4 Å². The van der Waals surface area contributed by atoms with Crippen LogP contribution in [-0.2, 0) is 4.79 Å². The molecule has 1 saturated carbocycles. The van der Waals surface area contributed by atoms with E-state index < -0.39 is 6.10 Å². The summed E-state index contributed by atoms with van der Waals surface area (Å²) >= 11 is 0. The maximum absolute atomic E-state index is 11.9. The first kappa shape index (κ1) is 14.9. The first-order chi connectivity index (χ1) is 9.66. The predicted molar refractivity (Wildman–Crippen MR) is 77.6 cm³/mol. The Morgan fingerprint density at radius 1 is 1.35 bits per heavy atom. The lowest BCUT2D eigenvalue weighted by Crippen LogP contribution is -2.39. The molecular weight excluding hydrogens is 254 g/mol. The highest BCUT2D eigenvalue weighted by Gasteiger charge is 2.16. The lowest BCUT2D eigenvalue weighted by Gasteiger charge is -2.23. The molecule has 1 fully saturated rings. The maximum Gasteiger partial charge on any atom is 0.258 e. The molecule has 2 N–H and O–H groups in total. The van der Waals surface area contributed by atoms with Crippen molar-refractivity contribution in [2.45, 2.75) is 51.2 Å². The van der Waals surface area contributed by atoms with Crippen molar-refractivity contribution in [3.8, 4) is 5.75 Å². The Balaban J connectivity index is 1.83. The number of amides is 1. The normalized spacial score (nSPS) is 17.5. The van der Waals surface area contributed by atoms with Gasteiger partial charge in [0.25, 0.3) is 5.91 Å². The van der Waals surface area contributed by atoms with Gasteiger partial charge in [0.2, 0.25) is 0 Å². The van der Waals surface area contributed by atoms with Crippen molar-refractivity contribution in [2.24, 2.45) is 0 Å². The van der Waals surface area contributed by atoms with Crippen LogP contribution in [-0.4, -0.2) is 23.7 Å². The molecule has 0 unspecified atom stereocenters. The van der Waals surface area contributed by atoms with Crippen LogP contribution >= 0.6 is 0 Å². The van der Waals surface area contributed by atoms with Gasteiger partial charge in [0, 0.05) is 11.6 Å². The van der Waals surface area contributed by atoms with Gasteiger partial charge in [-0.2, -0.15) is 0 Å². The number of carbonyl (C=O) groups excluding carboxylic acids is 1. The van der Waals surface area contributed by atoms with Crippen LogP contribution in [0.2, 0.25) is 0 Å². The average molecular weight is 277 g/mol. The zero-order valence-corrected chi connectivity index (χ0v) is 12.0. The first-order valence-corrected chi connectivity index (χ1v) is 7.36. The molecule has 1 atom stereocenters. The monoisotopic (exact) mass is 277 g/mol. The molecule has 0 spiro atoms. The minimum Gasteiger partial charge on any atom is -0.483 e. The van der Waals surface area contributed by atoms with E-state index in [-0.39, 0.29) is 12.5 Å². The third-order valence-corrected chi connectivity index (χ3v) is 3.70. The minimum absolute atomic E-state index is 0.000231. The smallest absolute Gasteiger partial charge is 0.258 e. The van der Waals surface area contributed by atoms with Gasteiger partial charge in [0.1, 0.15) is 5.75 Å². The number of aliphatic hydroxyl groups excluding tert-OH is 1. The third kappa shape index (κ3) is 4.23. The summed E-state index contributed by atoms with van der Waals surface area (Å²) in [5.41, 5.74) is 0.706. The molecule has 0 aromatic heterocycles. The van der Waals surface area contributed by atoms with Crippen LogP contribution in [0.3, 0.4) is 0 Å². The fourth-order valence-electron chi connectivity index (χ4n) is 2.62. The minimum atomic E-state index is -0.604. The summed E-state index contributed by atoms with van der Waals surface area (Å²) in [5, 5.41) is 12.7. The molecule has 2 rings (SSSR count). The zero-order chi connectivity index (χ0) is 14.4. The Morgan fingerprint density at radius 3 is 2.75 bits per heavy atom. The Kier molecular flexibility index (Phi) is 5.41. The number of rotatable bonds is 5. The molecule has 1 aromatic rings. The van der Waals surface area contributed by atoms with Crippen molar-refractivity contribution in [1.29, 1.82) is 0 Å². The van der Waals surface area contributed by atoms with E-state index in [1.807, 2.05) is 12.1 Å². The van der Waals surface area contributed by atoms with Gasteiger partial charge in [-0.15, -0.1) is 0 Å². The van der Waals surface area contributed by atoms with Gasteiger partial charge in [0.15, 0.2) is 6.61 Å². The van der Waals surface area contributed by atoms with E-state index in [1.54, 1.807) is 19.1 Å². The Bertz CT molecular complexity index is 439. The molecule has 110 valence electrons. The fourth-order valence-corrected chi connectivity index (χ4v) is 2.62. The highest BCUT2D eigenvalue weighted by atomic mass is 16.5. The number of aliphatic hydroxyl groups is 1. The molecular formula is C16H23NO3. The number of para-hydroxylation sites is 1. The van der Waals surface area contributed by atoms with Crippen molar-refractivity contribution in [3.63, 3.8) is 0 Å². The molecule has 0 saturated heterocycles. The van der Waals surface area contributed by atoms with Crippen molar-refractivity contribution < 1.29 is 14.6 Å². The summed E-state index contributed by atoms with van der Waals surface area (Å²) in [6.07, 6.45) is 5.18. The van der Waals surface area contributed by atoms with E-state index in [1.165, 1.54) is 19.3 Å². The summed E-state index contributed by atoms with van der Waals surface area (Å²) in [7, 11) is 0. The van der Waals surface area contributed by atoms with Gasteiger partial charge in [0.05, 0.1) is 6.10 Å². The van der Waals surface area contributed by atoms with Gasteiger partial charge < -0.3 is 15.2 Å². The number of hydrogen-bond acceptors (Lipinski definition) is 3. The molecule has 4 heteroatoms. The summed E-state index contributed by atoms with van der Waals surface area (Å²) in [5.74, 6) is 0.485. The number of ether oxygens (including phenoxy) is 1. The molecule has 4 nitrogen and oxygen atoms in total. The Morgan fingerprint density at radius 2 is 2.05 bits per heavy atom. The Labute approximate surface area is 120 Å². The van der Waals surface area contributed by atoms with Gasteiger partial charge in [-0.05, 0) is 25.8 Å². The molecule has 1 aliphatic rings. The van der Waals surface area contributed by atoms with Crippen molar-refractivity contribution in [3.05, 3.63) is 29.8 Å². The van der Waals surface area contributed by atoms with E-state index in [9.17, 15) is 9.90 Å². The average Bonchev–Trinajstić information content (AvgIpc) is 2.46. The number of hydrogen-bond donors (Lipinski definition) is 2. The molecule has 0 radical (unpaired) electrons. The van der Waals surface area contributed by atoms with Crippen molar-refractivity contribution in [1.82, 2.24) is 5.32 Å². The second-order valence-corrected chi connectivity index (χ2v) is 5.40. The Hall–Kier alpha value is -1.55. The molecule has 20 heavy (non-hydrogen) atoms. The van der Waals surface area contributed by atoms with Crippen LogP contribution in [0, 0.1) is 0 Å². The summed E-state index contributed by atoms with van der Waals surface area (Å²) in [6, 6.07) is 7.55. The predicted octanol–water partition coefficient (Wildman–Crippen LogP) is 2.57. The van der Waals surface area contributed by atoms with Gasteiger partial charge in [-0.1, -0.05) is 37.5 Å². The van der Waals surface area contributed by atoms with E-state index in [2.05, 4.69) is 5.32 Å². The second-order valence-electron chi connectivity index (χ2n) is 5.40. The van der Waals surface area contributed by atoms with Gasteiger partial charge in [-0.3, -0.25) is 4.79 Å². The zero-order valence-electron chi connectivity index (χ0n) is 12.0. The molecule has 0 bridgehead atoms. The largest absolute Gasteiger partial charge is 0.483 e. The third-order valence-electron chi connectivity index (χ3n) is 3.70. The molecule has 1 amide bonds. The lowest BCUT2D eigenvalue weighted by atomic mass is 9.95. The topological polar surface area (TPSA) is 58.6 Å². The summed E-state index contributed by atoms with van der Waals surface area (Å²) in [6.45, 7) is 1.69. The highest BCUT2D eigenvalue weighted by molar-refractivity contribution is 5.77. The van der Waals surface area contributed by atoms with Crippen LogP contribution < -0.4 is 10.1 Å². The maximum atomic E-state index is 11.9. The van der Waals surface area contributed by atoms with E-state index in [4.69, 9.17) is 4.74 Å². The lowest BCUT2D eigenvalue weighted by molar-refractivity contribution is -0.124. The SMILES string of the molecule is C[C@@H](O)c1ccccc1OCC(=O)NC1CCCCC1. The van der Waals surface area contributed by atoms with Gasteiger partial charge in [-0.25, -0.2) is 0 Å². The van der Waals surface area contributed by atoms with Crippen molar-refractivity contribution in [2.75, 3.05) is 6.61 Å². The standard InChI is InChI=1S/C16H23NO3/c1-12(18)14-9-5-6-10-15(14)20-11-16(19)17-13-7-3-2-4-8-13/h5-6,9-10,12-13,18H,2-4,7-8,11H2,1H3,(H,17,19)/t12-/m1/s1. The molecule has 1 aliphatic carbocycles. The summed E-state index contributed by atoms with van der Waals surface area (Å²) < 4.78 is 5.53. The van der Waals surface area contributed by atoms with Crippen LogP contribution in [0.4, 0.5) is 0 Å². The number of carbonyl (C=O) groups is 1. The highest BCUT2D eigenvalue weighted by Crippen LogP contribution is 2.24. The van der Waals surface area contributed by atoms with Gasteiger partial charge >= 0.3 is 0 Å². The fraction of sp³-hybridized carbons (Fsp3) is 0.562. The van der Waals surface area contributed by atoms with Crippen LogP contribution in [0.25, 0.3) is 0 Å². The molecule has 0 heterocycles. The van der Waals surface area contributed by atoms with E-state index >= 15 is 0 Å².